The van der Waals surface area contributed by atoms with Gasteiger partial charge >= 0.3 is 0 Å². The Kier molecular flexibility index (Phi) is 5.24. The molecule has 0 saturated heterocycles. The Labute approximate surface area is 155 Å². The van der Waals surface area contributed by atoms with Gasteiger partial charge in [-0.25, -0.2) is 4.99 Å². The van der Waals surface area contributed by atoms with E-state index in [9.17, 15) is 0 Å². The van der Waals surface area contributed by atoms with E-state index in [1.54, 1.807) is 0 Å². The molecule has 0 unspecified atom stereocenters. The van der Waals surface area contributed by atoms with E-state index in [4.69, 9.17) is 16.6 Å². The molecule has 0 radical (unpaired) electrons. The van der Waals surface area contributed by atoms with Crippen molar-refractivity contribution in [3.63, 3.8) is 0 Å². The fraction of sp³-hybridized carbons (Fsp3) is 0.261. The Balaban J connectivity index is 2.20. The van der Waals surface area contributed by atoms with Crippen LogP contribution in [-0.4, -0.2) is 5.17 Å². The van der Waals surface area contributed by atoms with Crippen LogP contribution in [0, 0.1) is 0 Å². The summed E-state index contributed by atoms with van der Waals surface area (Å²) in [4.78, 5) is 4.90. The molecule has 2 heteroatoms. The molecule has 0 fully saturated rings. The molecule has 0 heterocycles. The topological polar surface area (TPSA) is 12.4 Å². The van der Waals surface area contributed by atoms with Gasteiger partial charge in [-0.1, -0.05) is 100.0 Å². The normalized spacial score (nSPS) is 12.4. The van der Waals surface area contributed by atoms with Crippen LogP contribution in [0.25, 0.3) is 10.8 Å². The number of nitrogens with zero attached hydrogens (tertiary/aromatic N) is 1. The van der Waals surface area contributed by atoms with Crippen molar-refractivity contribution in [2.45, 2.75) is 39.5 Å². The minimum atomic E-state index is 0.398. The van der Waals surface area contributed by atoms with Gasteiger partial charge in [0.05, 0.1) is 5.69 Å². The molecule has 0 saturated carbocycles. The van der Waals surface area contributed by atoms with Crippen LogP contribution in [-0.2, 0) is 0 Å². The van der Waals surface area contributed by atoms with Crippen molar-refractivity contribution in [1.29, 1.82) is 0 Å². The summed E-state index contributed by atoms with van der Waals surface area (Å²) in [6.45, 7) is 8.79. The molecular weight excluding hydrogens is 326 g/mol. The summed E-state index contributed by atoms with van der Waals surface area (Å²) in [5.41, 5.74) is 4.48. The van der Waals surface area contributed by atoms with Crippen LogP contribution >= 0.6 is 11.6 Å². The Hall–Kier alpha value is -2.12. The Morgan fingerprint density at radius 2 is 1.32 bits per heavy atom. The van der Waals surface area contributed by atoms with Crippen molar-refractivity contribution in [3.05, 3.63) is 77.4 Å². The maximum atomic E-state index is 6.72. The maximum absolute atomic E-state index is 6.72. The summed E-state index contributed by atoms with van der Waals surface area (Å²) in [6.07, 6.45) is 0. The Morgan fingerprint density at radius 1 is 0.760 bits per heavy atom. The molecule has 3 aromatic rings. The molecule has 0 aromatic heterocycles. The molecule has 1 nitrogen and oxygen atoms in total. The van der Waals surface area contributed by atoms with E-state index >= 15 is 0 Å². The van der Waals surface area contributed by atoms with Crippen LogP contribution in [0.4, 0.5) is 5.69 Å². The van der Waals surface area contributed by atoms with Gasteiger partial charge in [-0.3, -0.25) is 0 Å². The Morgan fingerprint density at radius 3 is 1.96 bits per heavy atom. The van der Waals surface area contributed by atoms with E-state index in [1.165, 1.54) is 16.5 Å². The molecule has 0 amide bonds. The first-order valence-corrected chi connectivity index (χ1v) is 9.22. The van der Waals surface area contributed by atoms with E-state index in [2.05, 4.69) is 64.1 Å². The van der Waals surface area contributed by atoms with Gasteiger partial charge in [-0.2, -0.15) is 0 Å². The maximum Gasteiger partial charge on any atom is 0.137 e. The minimum absolute atomic E-state index is 0.398. The average Bonchev–Trinajstić information content (AvgIpc) is 2.60. The lowest BCUT2D eigenvalue weighted by Crippen LogP contribution is -1.98. The summed E-state index contributed by atoms with van der Waals surface area (Å²) in [6, 6.07) is 20.9. The zero-order valence-electron chi connectivity index (χ0n) is 15.3. The van der Waals surface area contributed by atoms with Crippen LogP contribution in [0.3, 0.4) is 0 Å². The molecular formula is C23H24ClN. The molecule has 0 aliphatic heterocycles. The predicted octanol–water partition coefficient (Wildman–Crippen LogP) is 7.40. The number of hydrogen-bond acceptors (Lipinski definition) is 1. The van der Waals surface area contributed by atoms with Crippen molar-refractivity contribution in [2.24, 2.45) is 4.99 Å². The minimum Gasteiger partial charge on any atom is -0.235 e. The zero-order chi connectivity index (χ0) is 18.0. The largest absolute Gasteiger partial charge is 0.235 e. The average molecular weight is 350 g/mol. The molecule has 0 N–H and O–H groups in total. The zero-order valence-corrected chi connectivity index (χ0v) is 16.0. The second-order valence-electron chi connectivity index (χ2n) is 7.02. The number of fused-ring (bicyclic) bond motifs is 1. The highest BCUT2D eigenvalue weighted by Crippen LogP contribution is 2.36. The van der Waals surface area contributed by atoms with Crippen molar-refractivity contribution < 1.29 is 0 Å². The van der Waals surface area contributed by atoms with E-state index in [0.29, 0.717) is 17.0 Å². The number of halogens is 1. The molecule has 128 valence electrons. The van der Waals surface area contributed by atoms with E-state index in [-0.39, 0.29) is 0 Å². The SMILES string of the molecule is CC(C)c1cccc(C(C)C)c1/N=C(\Cl)c1cccc2ccccc12. The van der Waals surface area contributed by atoms with Gasteiger partial charge in [-0.15, -0.1) is 0 Å². The molecule has 0 atom stereocenters. The van der Waals surface area contributed by atoms with E-state index < -0.39 is 0 Å². The standard InChI is InChI=1S/C23H24ClN/c1-15(2)18-12-8-13-19(16(3)4)22(18)25-23(24)21-14-7-10-17-9-5-6-11-20(17)21/h5-16H,1-4H3/b25-23-. The summed E-state index contributed by atoms with van der Waals surface area (Å²) < 4.78 is 0. The summed E-state index contributed by atoms with van der Waals surface area (Å²) in [5, 5.41) is 2.85. The van der Waals surface area contributed by atoms with Gasteiger partial charge in [0.25, 0.3) is 0 Å². The highest BCUT2D eigenvalue weighted by Gasteiger charge is 2.15. The van der Waals surface area contributed by atoms with Gasteiger partial charge < -0.3 is 0 Å². The first-order valence-electron chi connectivity index (χ1n) is 8.84. The fourth-order valence-corrected chi connectivity index (χ4v) is 3.45. The van der Waals surface area contributed by atoms with E-state index in [1.807, 2.05) is 24.3 Å². The number of benzene rings is 3. The summed E-state index contributed by atoms with van der Waals surface area (Å²) in [7, 11) is 0. The molecule has 25 heavy (non-hydrogen) atoms. The van der Waals surface area contributed by atoms with Gasteiger partial charge in [0.2, 0.25) is 0 Å². The smallest absolute Gasteiger partial charge is 0.137 e. The molecule has 3 aromatic carbocycles. The second-order valence-corrected chi connectivity index (χ2v) is 7.38. The van der Waals surface area contributed by atoms with Crippen LogP contribution in [0.5, 0.6) is 0 Å². The lowest BCUT2D eigenvalue weighted by atomic mass is 9.93. The molecule has 3 rings (SSSR count). The van der Waals surface area contributed by atoms with Crippen LogP contribution in [0.15, 0.2) is 65.7 Å². The third-order valence-corrected chi connectivity index (χ3v) is 4.85. The third-order valence-electron chi connectivity index (χ3n) is 4.56. The second kappa shape index (κ2) is 7.41. The number of para-hydroxylation sites is 1. The van der Waals surface area contributed by atoms with Crippen LogP contribution in [0.1, 0.15) is 56.2 Å². The molecule has 0 aliphatic carbocycles. The summed E-state index contributed by atoms with van der Waals surface area (Å²) >= 11 is 6.72. The van der Waals surface area contributed by atoms with Gasteiger partial charge in [0.15, 0.2) is 0 Å². The highest BCUT2D eigenvalue weighted by molar-refractivity contribution is 6.70. The first kappa shape index (κ1) is 17.7. The van der Waals surface area contributed by atoms with Crippen molar-refractivity contribution >= 4 is 33.2 Å². The Bertz CT molecular complexity index is 891. The van der Waals surface area contributed by atoms with E-state index in [0.717, 1.165) is 16.6 Å². The van der Waals surface area contributed by atoms with Crippen molar-refractivity contribution in [3.8, 4) is 0 Å². The predicted molar refractivity (Wildman–Crippen MR) is 111 cm³/mol. The molecule has 0 aliphatic rings. The number of aliphatic imine (C=N–C) groups is 1. The van der Waals surface area contributed by atoms with Crippen molar-refractivity contribution in [1.82, 2.24) is 0 Å². The highest BCUT2D eigenvalue weighted by atomic mass is 35.5. The van der Waals surface area contributed by atoms with Crippen LogP contribution in [0.2, 0.25) is 0 Å². The molecule has 0 spiro atoms. The lowest BCUT2D eigenvalue weighted by molar-refractivity contribution is 0.835. The fourth-order valence-electron chi connectivity index (χ4n) is 3.20. The van der Waals surface area contributed by atoms with Gasteiger partial charge in [0.1, 0.15) is 5.17 Å². The number of rotatable bonds is 4. The third kappa shape index (κ3) is 3.62. The quantitative estimate of drug-likeness (QED) is 0.435. The van der Waals surface area contributed by atoms with Crippen LogP contribution < -0.4 is 0 Å². The van der Waals surface area contributed by atoms with Gasteiger partial charge in [0, 0.05) is 5.56 Å². The monoisotopic (exact) mass is 349 g/mol. The summed E-state index contributed by atoms with van der Waals surface area (Å²) in [5.74, 6) is 0.795. The van der Waals surface area contributed by atoms with Gasteiger partial charge in [-0.05, 0) is 33.7 Å². The molecule has 0 bridgehead atoms. The lowest BCUT2D eigenvalue weighted by Gasteiger charge is -2.17. The first-order chi connectivity index (χ1) is 12.0. The van der Waals surface area contributed by atoms with Crippen molar-refractivity contribution in [2.75, 3.05) is 0 Å². The number of hydrogen-bond donors (Lipinski definition) is 0.